The number of carbonyl (C=O) groups excluding carboxylic acids is 1. The van der Waals surface area contributed by atoms with Crippen LogP contribution >= 0.6 is 0 Å². The Kier molecular flexibility index (Phi) is 4.48. The van der Waals surface area contributed by atoms with Gasteiger partial charge in [-0.1, -0.05) is 12.1 Å². The van der Waals surface area contributed by atoms with Crippen LogP contribution in [0.4, 0.5) is 0 Å². The molecule has 0 spiro atoms. The Morgan fingerprint density at radius 1 is 1.45 bits per heavy atom. The Labute approximate surface area is 129 Å². The van der Waals surface area contributed by atoms with Gasteiger partial charge in [0.2, 0.25) is 0 Å². The van der Waals surface area contributed by atoms with Crippen molar-refractivity contribution < 1.29 is 4.79 Å². The van der Waals surface area contributed by atoms with Crippen molar-refractivity contribution in [3.63, 3.8) is 0 Å². The van der Waals surface area contributed by atoms with E-state index >= 15 is 0 Å². The van der Waals surface area contributed by atoms with Crippen molar-refractivity contribution in [2.75, 3.05) is 13.1 Å². The van der Waals surface area contributed by atoms with Gasteiger partial charge in [0.05, 0.1) is 6.54 Å². The van der Waals surface area contributed by atoms with Gasteiger partial charge in [-0.2, -0.15) is 5.10 Å². The molecule has 1 aliphatic rings. The molecule has 0 aliphatic carbocycles. The minimum absolute atomic E-state index is 0.0897. The first-order chi connectivity index (χ1) is 10.7. The average Bonchev–Trinajstić information content (AvgIpc) is 2.99. The van der Waals surface area contributed by atoms with Crippen molar-refractivity contribution in [3.05, 3.63) is 47.0 Å². The molecular formula is C16H21N5O. The summed E-state index contributed by atoms with van der Waals surface area (Å²) in [7, 11) is 0. The molecule has 1 aromatic heterocycles. The molecule has 116 valence electrons. The van der Waals surface area contributed by atoms with Crippen molar-refractivity contribution in [2.45, 2.75) is 32.2 Å². The molecule has 2 heterocycles. The number of nitrogens with one attached hydrogen (secondary N) is 3. The van der Waals surface area contributed by atoms with Gasteiger partial charge in [-0.05, 0) is 49.9 Å². The largest absolute Gasteiger partial charge is 0.345 e. The second-order valence-electron chi connectivity index (χ2n) is 5.69. The number of amides is 1. The SMILES string of the molecule is Cc1nc(CNC(=O)c2cccc(C3CCCNC3)c2)n[nH]1. The summed E-state index contributed by atoms with van der Waals surface area (Å²) < 4.78 is 0. The van der Waals surface area contributed by atoms with Gasteiger partial charge in [-0.25, -0.2) is 4.98 Å². The van der Waals surface area contributed by atoms with Crippen LogP contribution in [0.25, 0.3) is 0 Å². The quantitative estimate of drug-likeness (QED) is 0.799. The lowest BCUT2D eigenvalue weighted by Crippen LogP contribution is -2.28. The molecule has 1 atom stereocenters. The van der Waals surface area contributed by atoms with Gasteiger partial charge < -0.3 is 10.6 Å². The monoisotopic (exact) mass is 299 g/mol. The summed E-state index contributed by atoms with van der Waals surface area (Å²) in [4.78, 5) is 16.4. The number of aryl methyl sites for hydroxylation is 1. The summed E-state index contributed by atoms with van der Waals surface area (Å²) in [6.07, 6.45) is 2.36. The van der Waals surface area contributed by atoms with Gasteiger partial charge in [0, 0.05) is 12.1 Å². The molecule has 1 unspecified atom stereocenters. The molecule has 1 aromatic carbocycles. The smallest absolute Gasteiger partial charge is 0.251 e. The van der Waals surface area contributed by atoms with Gasteiger partial charge >= 0.3 is 0 Å². The fraction of sp³-hybridized carbons (Fsp3) is 0.438. The number of aromatic amines is 1. The second kappa shape index (κ2) is 6.70. The third-order valence-corrected chi connectivity index (χ3v) is 3.97. The fourth-order valence-corrected chi connectivity index (χ4v) is 2.80. The normalized spacial score (nSPS) is 18.1. The minimum Gasteiger partial charge on any atom is -0.345 e. The molecule has 6 nitrogen and oxygen atoms in total. The number of H-pyrrole nitrogens is 1. The number of nitrogens with zero attached hydrogens (tertiary/aromatic N) is 2. The maximum atomic E-state index is 12.3. The molecule has 3 N–H and O–H groups in total. The molecule has 2 aromatic rings. The molecular weight excluding hydrogens is 278 g/mol. The van der Waals surface area contributed by atoms with E-state index in [0.717, 1.165) is 18.9 Å². The second-order valence-corrected chi connectivity index (χ2v) is 5.69. The zero-order valence-corrected chi connectivity index (χ0v) is 12.7. The third-order valence-electron chi connectivity index (χ3n) is 3.97. The van der Waals surface area contributed by atoms with Gasteiger partial charge in [0.25, 0.3) is 5.91 Å². The number of rotatable bonds is 4. The standard InChI is InChI=1S/C16H21N5O/c1-11-19-15(21-20-11)10-18-16(22)13-5-2-4-12(8-13)14-6-3-7-17-9-14/h2,4-5,8,14,17H,3,6-7,9-10H2,1H3,(H,18,22)(H,19,20,21). The van der Waals surface area contributed by atoms with Crippen molar-refractivity contribution >= 4 is 5.91 Å². The molecule has 22 heavy (non-hydrogen) atoms. The molecule has 1 fully saturated rings. The van der Waals surface area contributed by atoms with Crippen molar-refractivity contribution in [1.82, 2.24) is 25.8 Å². The summed E-state index contributed by atoms with van der Waals surface area (Å²) >= 11 is 0. The van der Waals surface area contributed by atoms with Crippen LogP contribution in [0.2, 0.25) is 0 Å². The lowest BCUT2D eigenvalue weighted by molar-refractivity contribution is 0.0949. The number of piperidine rings is 1. The van der Waals surface area contributed by atoms with Crippen LogP contribution in [0.3, 0.4) is 0 Å². The fourth-order valence-electron chi connectivity index (χ4n) is 2.80. The predicted octanol–water partition coefficient (Wildman–Crippen LogP) is 1.51. The molecule has 3 rings (SSSR count). The first-order valence-electron chi connectivity index (χ1n) is 7.69. The summed E-state index contributed by atoms with van der Waals surface area (Å²) in [5, 5.41) is 13.0. The predicted molar refractivity (Wildman–Crippen MR) is 83.6 cm³/mol. The zero-order valence-electron chi connectivity index (χ0n) is 12.7. The Balaban J connectivity index is 1.64. The highest BCUT2D eigenvalue weighted by atomic mass is 16.1. The van der Waals surface area contributed by atoms with Crippen LogP contribution in [0, 0.1) is 6.92 Å². The maximum absolute atomic E-state index is 12.3. The van der Waals surface area contributed by atoms with E-state index in [2.05, 4.69) is 31.9 Å². The van der Waals surface area contributed by atoms with E-state index in [1.54, 1.807) is 0 Å². The Morgan fingerprint density at radius 2 is 2.36 bits per heavy atom. The molecule has 0 saturated carbocycles. The molecule has 1 aliphatic heterocycles. The molecule has 1 amide bonds. The van der Waals surface area contributed by atoms with Crippen LogP contribution < -0.4 is 10.6 Å². The Hall–Kier alpha value is -2.21. The van der Waals surface area contributed by atoms with E-state index in [1.165, 1.54) is 18.4 Å². The van der Waals surface area contributed by atoms with E-state index in [1.807, 2.05) is 25.1 Å². The molecule has 1 saturated heterocycles. The minimum atomic E-state index is -0.0897. The van der Waals surface area contributed by atoms with Crippen molar-refractivity contribution in [1.29, 1.82) is 0 Å². The topological polar surface area (TPSA) is 82.7 Å². The molecule has 0 radical (unpaired) electrons. The summed E-state index contributed by atoms with van der Waals surface area (Å²) in [6, 6.07) is 7.90. The average molecular weight is 299 g/mol. The first-order valence-corrected chi connectivity index (χ1v) is 7.69. The highest BCUT2D eigenvalue weighted by Gasteiger charge is 2.16. The number of benzene rings is 1. The molecule has 0 bridgehead atoms. The summed E-state index contributed by atoms with van der Waals surface area (Å²) in [6.45, 7) is 4.24. The van der Waals surface area contributed by atoms with Crippen LogP contribution in [0.15, 0.2) is 24.3 Å². The van der Waals surface area contributed by atoms with E-state index in [0.29, 0.717) is 23.9 Å². The maximum Gasteiger partial charge on any atom is 0.251 e. The van der Waals surface area contributed by atoms with Gasteiger partial charge in [-0.15, -0.1) is 0 Å². The summed E-state index contributed by atoms with van der Waals surface area (Å²) in [5.74, 6) is 1.75. The van der Waals surface area contributed by atoms with E-state index < -0.39 is 0 Å². The zero-order chi connectivity index (χ0) is 15.4. The highest BCUT2D eigenvalue weighted by Crippen LogP contribution is 2.23. The third kappa shape index (κ3) is 3.51. The van der Waals surface area contributed by atoms with E-state index in [4.69, 9.17) is 0 Å². The van der Waals surface area contributed by atoms with Crippen molar-refractivity contribution in [2.24, 2.45) is 0 Å². The van der Waals surface area contributed by atoms with Gasteiger partial charge in [0.1, 0.15) is 5.82 Å². The lowest BCUT2D eigenvalue weighted by atomic mass is 9.90. The van der Waals surface area contributed by atoms with Gasteiger partial charge in [-0.3, -0.25) is 9.89 Å². The van der Waals surface area contributed by atoms with Crippen LogP contribution in [-0.2, 0) is 6.54 Å². The van der Waals surface area contributed by atoms with Crippen molar-refractivity contribution in [3.8, 4) is 0 Å². The van der Waals surface area contributed by atoms with Crippen LogP contribution in [0.1, 0.15) is 46.3 Å². The molecule has 6 heteroatoms. The number of hydrogen-bond acceptors (Lipinski definition) is 4. The first kappa shape index (κ1) is 14.7. The lowest BCUT2D eigenvalue weighted by Gasteiger charge is -2.23. The highest BCUT2D eigenvalue weighted by molar-refractivity contribution is 5.94. The van der Waals surface area contributed by atoms with Gasteiger partial charge in [0.15, 0.2) is 5.82 Å². The summed E-state index contributed by atoms with van der Waals surface area (Å²) in [5.41, 5.74) is 1.92. The number of hydrogen-bond donors (Lipinski definition) is 3. The Bertz CT molecular complexity index is 645. The number of carbonyl (C=O) groups is 1. The van der Waals surface area contributed by atoms with Crippen LogP contribution in [-0.4, -0.2) is 34.2 Å². The Morgan fingerprint density at radius 3 is 3.09 bits per heavy atom. The number of aromatic nitrogens is 3. The van der Waals surface area contributed by atoms with Crippen LogP contribution in [0.5, 0.6) is 0 Å². The van der Waals surface area contributed by atoms with E-state index in [-0.39, 0.29) is 5.91 Å². The van der Waals surface area contributed by atoms with E-state index in [9.17, 15) is 4.79 Å².